The van der Waals surface area contributed by atoms with Crippen LogP contribution < -0.4 is 20.7 Å². The predicted molar refractivity (Wildman–Crippen MR) is 87.4 cm³/mol. The summed E-state index contributed by atoms with van der Waals surface area (Å²) < 4.78 is 5.09. The number of nitrogens with zero attached hydrogens (tertiary/aromatic N) is 3. The van der Waals surface area contributed by atoms with E-state index in [0.29, 0.717) is 12.0 Å². The van der Waals surface area contributed by atoms with Gasteiger partial charge in [-0.25, -0.2) is 4.98 Å². The largest absolute Gasteiger partial charge is 0.480 e. The molecule has 2 aliphatic rings. The van der Waals surface area contributed by atoms with Gasteiger partial charge in [0.2, 0.25) is 17.7 Å². The summed E-state index contributed by atoms with van der Waals surface area (Å²) in [5, 5.41) is 18.8. The van der Waals surface area contributed by atoms with Crippen LogP contribution in [0.4, 0.5) is 5.95 Å². The average molecular weight is 330 g/mol. The number of ether oxygens (including phenoxy) is 1. The van der Waals surface area contributed by atoms with Crippen LogP contribution in [0.3, 0.4) is 0 Å². The van der Waals surface area contributed by atoms with E-state index < -0.39 is 0 Å². The number of hydrogen-bond donors (Lipinski definition) is 3. The Bertz CT molecular complexity index is 658. The van der Waals surface area contributed by atoms with E-state index in [1.807, 2.05) is 13.0 Å². The SMILES string of the molecule is COc1nc(N[C@@H](C)C2CC3NCCCC3NC2=O)ncc1C#N. The Labute approximate surface area is 141 Å². The summed E-state index contributed by atoms with van der Waals surface area (Å²) in [5.74, 6) is 0.483. The Morgan fingerprint density at radius 1 is 1.50 bits per heavy atom. The maximum atomic E-state index is 12.4. The third-order valence-corrected chi connectivity index (χ3v) is 4.78. The highest BCUT2D eigenvalue weighted by molar-refractivity contribution is 5.81. The standard InChI is InChI=1S/C16H22N6O2/c1-9(20-16-19-8-10(7-17)15(22-16)24-2)11-6-13-12(21-14(11)23)4-3-5-18-13/h8-9,11-13,18H,3-6H2,1-2H3,(H,21,23)(H,19,20,22)/t9-,11?,12?,13?/m0/s1. The molecule has 3 rings (SSSR count). The smallest absolute Gasteiger partial charge is 0.236 e. The normalized spacial score (nSPS) is 27.4. The lowest BCUT2D eigenvalue weighted by atomic mass is 9.82. The van der Waals surface area contributed by atoms with Gasteiger partial charge in [0.05, 0.1) is 19.2 Å². The third-order valence-electron chi connectivity index (χ3n) is 4.78. The molecule has 3 unspecified atom stereocenters. The molecular formula is C16H22N6O2. The molecule has 8 heteroatoms. The molecule has 2 fully saturated rings. The van der Waals surface area contributed by atoms with Gasteiger partial charge in [0.1, 0.15) is 11.6 Å². The summed E-state index contributed by atoms with van der Waals surface area (Å²) in [6.07, 6.45) is 4.34. The second-order valence-electron chi connectivity index (χ2n) is 6.32. The summed E-state index contributed by atoms with van der Waals surface area (Å²) >= 11 is 0. The number of rotatable bonds is 4. The minimum Gasteiger partial charge on any atom is -0.480 e. The van der Waals surface area contributed by atoms with Gasteiger partial charge in [0.25, 0.3) is 0 Å². The quantitative estimate of drug-likeness (QED) is 0.733. The maximum absolute atomic E-state index is 12.4. The summed E-state index contributed by atoms with van der Waals surface area (Å²) in [7, 11) is 1.46. The summed E-state index contributed by atoms with van der Waals surface area (Å²) in [6, 6.07) is 2.40. The number of nitrogens with one attached hydrogen (secondary N) is 3. The van der Waals surface area contributed by atoms with Crippen molar-refractivity contribution < 1.29 is 9.53 Å². The Morgan fingerprint density at radius 2 is 2.33 bits per heavy atom. The van der Waals surface area contributed by atoms with Crippen LogP contribution in [0.5, 0.6) is 5.88 Å². The number of hydrogen-bond acceptors (Lipinski definition) is 7. The van der Waals surface area contributed by atoms with Gasteiger partial charge in [0, 0.05) is 18.1 Å². The fourth-order valence-electron chi connectivity index (χ4n) is 3.45. The molecule has 0 saturated carbocycles. The number of methoxy groups -OCH3 is 1. The highest BCUT2D eigenvalue weighted by Crippen LogP contribution is 2.25. The fourth-order valence-corrected chi connectivity index (χ4v) is 3.45. The molecule has 4 atom stereocenters. The van der Waals surface area contributed by atoms with Gasteiger partial charge in [-0.05, 0) is 32.7 Å². The van der Waals surface area contributed by atoms with Gasteiger partial charge >= 0.3 is 0 Å². The number of carbonyl (C=O) groups excluding carboxylic acids is 1. The van der Waals surface area contributed by atoms with Crippen molar-refractivity contribution in [1.29, 1.82) is 5.26 Å². The molecule has 2 aliphatic heterocycles. The van der Waals surface area contributed by atoms with E-state index >= 15 is 0 Å². The Balaban J connectivity index is 1.69. The predicted octanol–water partition coefficient (Wildman–Crippen LogP) is 0.414. The lowest BCUT2D eigenvalue weighted by molar-refractivity contribution is -0.129. The Hall–Kier alpha value is -2.40. The van der Waals surface area contributed by atoms with Crippen LogP contribution in [0.25, 0.3) is 0 Å². The molecule has 1 amide bonds. The molecule has 0 aromatic carbocycles. The summed E-state index contributed by atoms with van der Waals surface area (Å²) in [5.41, 5.74) is 0.278. The Kier molecular flexibility index (Phi) is 4.81. The zero-order valence-electron chi connectivity index (χ0n) is 13.9. The van der Waals surface area contributed by atoms with Crippen molar-refractivity contribution in [1.82, 2.24) is 20.6 Å². The topological polar surface area (TPSA) is 112 Å². The second-order valence-corrected chi connectivity index (χ2v) is 6.32. The van der Waals surface area contributed by atoms with Crippen LogP contribution >= 0.6 is 0 Å². The van der Waals surface area contributed by atoms with E-state index in [1.165, 1.54) is 13.3 Å². The zero-order valence-corrected chi connectivity index (χ0v) is 13.9. The maximum Gasteiger partial charge on any atom is 0.236 e. The molecule has 1 aromatic heterocycles. The van der Waals surface area contributed by atoms with Crippen LogP contribution in [-0.4, -0.2) is 47.7 Å². The number of carbonyl (C=O) groups is 1. The molecule has 1 aromatic rings. The minimum atomic E-state index is -0.165. The lowest BCUT2D eigenvalue weighted by Crippen LogP contribution is -2.61. The van der Waals surface area contributed by atoms with Gasteiger partial charge in [-0.2, -0.15) is 10.2 Å². The highest BCUT2D eigenvalue weighted by Gasteiger charge is 2.39. The fraction of sp³-hybridized carbons (Fsp3) is 0.625. The Morgan fingerprint density at radius 3 is 3.08 bits per heavy atom. The number of piperidine rings is 2. The molecular weight excluding hydrogens is 308 g/mol. The first-order valence-electron chi connectivity index (χ1n) is 8.23. The van der Waals surface area contributed by atoms with Crippen LogP contribution in [0.1, 0.15) is 31.7 Å². The highest BCUT2D eigenvalue weighted by atomic mass is 16.5. The number of aromatic nitrogens is 2. The molecule has 3 N–H and O–H groups in total. The molecule has 0 spiro atoms. The van der Waals surface area contributed by atoms with Crippen molar-refractivity contribution in [2.24, 2.45) is 5.92 Å². The van der Waals surface area contributed by atoms with Crippen LogP contribution in [0, 0.1) is 17.2 Å². The van der Waals surface area contributed by atoms with Crippen molar-refractivity contribution in [2.75, 3.05) is 19.0 Å². The number of anilines is 1. The molecule has 0 bridgehead atoms. The second kappa shape index (κ2) is 7.01. The lowest BCUT2D eigenvalue weighted by Gasteiger charge is -2.41. The van der Waals surface area contributed by atoms with Crippen LogP contribution in [0.15, 0.2) is 6.20 Å². The molecule has 3 heterocycles. The van der Waals surface area contributed by atoms with Crippen molar-refractivity contribution in [3.8, 4) is 11.9 Å². The number of amides is 1. The molecule has 24 heavy (non-hydrogen) atoms. The van der Waals surface area contributed by atoms with Gasteiger partial charge in [0.15, 0.2) is 0 Å². The average Bonchev–Trinajstić information content (AvgIpc) is 2.60. The summed E-state index contributed by atoms with van der Waals surface area (Å²) in [6.45, 7) is 2.95. The van der Waals surface area contributed by atoms with Crippen molar-refractivity contribution >= 4 is 11.9 Å². The van der Waals surface area contributed by atoms with Crippen molar-refractivity contribution in [2.45, 2.75) is 44.3 Å². The first-order valence-corrected chi connectivity index (χ1v) is 8.23. The van der Waals surface area contributed by atoms with Gasteiger partial charge in [-0.1, -0.05) is 0 Å². The van der Waals surface area contributed by atoms with Gasteiger partial charge in [-0.15, -0.1) is 0 Å². The minimum absolute atomic E-state index is 0.0700. The van der Waals surface area contributed by atoms with E-state index in [2.05, 4.69) is 25.9 Å². The third kappa shape index (κ3) is 3.26. The van der Waals surface area contributed by atoms with Crippen molar-refractivity contribution in [3.05, 3.63) is 11.8 Å². The molecule has 2 saturated heterocycles. The molecule has 128 valence electrons. The van der Waals surface area contributed by atoms with E-state index in [9.17, 15) is 4.79 Å². The summed E-state index contributed by atoms with van der Waals surface area (Å²) in [4.78, 5) is 20.7. The number of nitriles is 1. The van der Waals surface area contributed by atoms with E-state index in [1.54, 1.807) is 0 Å². The first kappa shape index (κ1) is 16.5. The number of fused-ring (bicyclic) bond motifs is 1. The zero-order chi connectivity index (χ0) is 17.1. The van der Waals surface area contributed by atoms with E-state index in [-0.39, 0.29) is 35.4 Å². The van der Waals surface area contributed by atoms with Crippen LogP contribution in [0.2, 0.25) is 0 Å². The molecule has 0 radical (unpaired) electrons. The van der Waals surface area contributed by atoms with Gasteiger partial charge in [-0.3, -0.25) is 4.79 Å². The van der Waals surface area contributed by atoms with Crippen LogP contribution in [-0.2, 0) is 4.79 Å². The first-order chi connectivity index (χ1) is 11.6. The van der Waals surface area contributed by atoms with E-state index in [0.717, 1.165) is 25.8 Å². The molecule has 8 nitrogen and oxygen atoms in total. The monoisotopic (exact) mass is 330 g/mol. The molecule has 0 aliphatic carbocycles. The van der Waals surface area contributed by atoms with E-state index in [4.69, 9.17) is 10.00 Å². The van der Waals surface area contributed by atoms with Gasteiger partial charge < -0.3 is 20.7 Å². The van der Waals surface area contributed by atoms with Crippen molar-refractivity contribution in [3.63, 3.8) is 0 Å².